The number of nitrogens with one attached hydrogen (secondary N) is 2. The smallest absolute Gasteiger partial charge is 0.416 e. The van der Waals surface area contributed by atoms with E-state index in [9.17, 15) is 32.7 Å². The van der Waals surface area contributed by atoms with E-state index in [2.05, 4.69) is 36.6 Å². The number of piperidine rings is 1. The van der Waals surface area contributed by atoms with E-state index in [1.807, 2.05) is 6.92 Å². The summed E-state index contributed by atoms with van der Waals surface area (Å²) in [5.74, 6) is -1.41. The molecule has 2 atom stereocenters. The number of amides is 3. The molecular formula is C28H26BrClF3N7O4. The number of allylic oxidation sites excluding steroid dienone is 1. The van der Waals surface area contributed by atoms with Crippen molar-refractivity contribution in [2.45, 2.75) is 37.4 Å². The molecule has 2 unspecified atom stereocenters. The third-order valence-electron chi connectivity index (χ3n) is 8.43. The van der Waals surface area contributed by atoms with E-state index in [1.165, 1.54) is 23.3 Å². The van der Waals surface area contributed by atoms with Crippen molar-refractivity contribution in [2.75, 3.05) is 25.0 Å². The number of fused-ring (bicyclic) bond motifs is 2. The quantitative estimate of drug-likeness (QED) is 0.321. The lowest BCUT2D eigenvalue weighted by atomic mass is 9.71. The zero-order valence-electron chi connectivity index (χ0n) is 23.2. The van der Waals surface area contributed by atoms with E-state index in [1.54, 1.807) is 9.80 Å². The first-order valence-corrected chi connectivity index (χ1v) is 15.0. The summed E-state index contributed by atoms with van der Waals surface area (Å²) in [5, 5.41) is 13.1. The third kappa shape index (κ3) is 5.20. The molecule has 1 aliphatic carbocycles. The molecule has 0 radical (unpaired) electrons. The molecule has 232 valence electrons. The first kappa shape index (κ1) is 30.3. The highest BCUT2D eigenvalue weighted by Gasteiger charge is 2.56. The summed E-state index contributed by atoms with van der Waals surface area (Å²) in [6.07, 6.45) is -1.61. The number of carbonyl (C=O) groups excluding carboxylic acids is 3. The lowest BCUT2D eigenvalue weighted by Crippen LogP contribution is -2.57. The Morgan fingerprint density at radius 3 is 2.64 bits per heavy atom. The molecule has 16 heteroatoms. The van der Waals surface area contributed by atoms with Crippen molar-refractivity contribution in [1.82, 2.24) is 25.2 Å². The minimum Gasteiger partial charge on any atom is -0.505 e. The van der Waals surface area contributed by atoms with Crippen molar-refractivity contribution in [3.05, 3.63) is 64.1 Å². The molecule has 1 aromatic heterocycles. The van der Waals surface area contributed by atoms with Crippen LogP contribution in [0.4, 0.5) is 18.9 Å². The summed E-state index contributed by atoms with van der Waals surface area (Å²) in [7, 11) is 0. The van der Waals surface area contributed by atoms with Crippen LogP contribution in [-0.4, -0.2) is 73.3 Å². The maximum absolute atomic E-state index is 14.0. The Morgan fingerprint density at radius 2 is 1.98 bits per heavy atom. The van der Waals surface area contributed by atoms with Crippen LogP contribution in [0.2, 0.25) is 5.02 Å². The van der Waals surface area contributed by atoms with Crippen molar-refractivity contribution in [3.63, 3.8) is 0 Å². The number of nitrogens with zero attached hydrogens (tertiary/aromatic N) is 5. The predicted octanol–water partition coefficient (Wildman–Crippen LogP) is 4.31. The number of pyridine rings is 1. The second-order valence-corrected chi connectivity index (χ2v) is 12.4. The summed E-state index contributed by atoms with van der Waals surface area (Å²) in [5.41, 5.74) is 2.58. The Labute approximate surface area is 262 Å². The number of halogens is 5. The molecule has 11 nitrogen and oxygen atoms in total. The van der Waals surface area contributed by atoms with Gasteiger partial charge in [0, 0.05) is 36.0 Å². The molecule has 3 N–H and O–H groups in total. The first-order chi connectivity index (χ1) is 20.8. The molecule has 1 spiro atoms. The molecule has 1 saturated heterocycles. The SMILES string of the molecule is CC1CC2(CCN(C(=O)c3ncccc3O)CC2)C2=C1N(CC(=O)Nc1ccc(C(F)(F)F)cc1Cl)C1=NC(Br)NN1C2=O. The van der Waals surface area contributed by atoms with Gasteiger partial charge in [-0.3, -0.25) is 14.4 Å². The number of anilines is 1. The number of aromatic hydroxyl groups is 1. The maximum Gasteiger partial charge on any atom is 0.416 e. The monoisotopic (exact) mass is 695 g/mol. The molecular weight excluding hydrogens is 671 g/mol. The fraction of sp³-hybridized carbons (Fsp3) is 0.393. The lowest BCUT2D eigenvalue weighted by molar-refractivity contribution is -0.137. The van der Waals surface area contributed by atoms with E-state index in [4.69, 9.17) is 11.6 Å². The molecule has 2 aromatic rings. The van der Waals surface area contributed by atoms with Crippen molar-refractivity contribution in [2.24, 2.45) is 16.3 Å². The Hall–Kier alpha value is -3.69. The van der Waals surface area contributed by atoms with Gasteiger partial charge in [-0.25, -0.2) is 15.0 Å². The molecule has 4 aliphatic rings. The van der Waals surface area contributed by atoms with Gasteiger partial charge in [0.05, 0.1) is 16.3 Å². The number of aliphatic imine (C=N–C) groups is 1. The van der Waals surface area contributed by atoms with Crippen LogP contribution >= 0.6 is 27.5 Å². The van der Waals surface area contributed by atoms with Crippen LogP contribution in [0.25, 0.3) is 0 Å². The van der Waals surface area contributed by atoms with Gasteiger partial charge >= 0.3 is 6.18 Å². The number of hydrogen-bond acceptors (Lipinski definition) is 8. The molecule has 0 saturated carbocycles. The summed E-state index contributed by atoms with van der Waals surface area (Å²) >= 11 is 9.42. The van der Waals surface area contributed by atoms with Crippen molar-refractivity contribution >= 4 is 56.9 Å². The van der Waals surface area contributed by atoms with Crippen molar-refractivity contribution in [1.29, 1.82) is 0 Å². The molecule has 4 heterocycles. The normalized spacial score (nSPS) is 22.7. The highest BCUT2D eigenvalue weighted by molar-refractivity contribution is 9.09. The number of hydrogen-bond donors (Lipinski definition) is 3. The van der Waals surface area contributed by atoms with Crippen LogP contribution in [0, 0.1) is 11.3 Å². The Morgan fingerprint density at radius 1 is 1.25 bits per heavy atom. The zero-order chi connectivity index (χ0) is 31.6. The molecule has 1 fully saturated rings. The topological polar surface area (TPSA) is 130 Å². The second-order valence-electron chi connectivity index (χ2n) is 11.2. The van der Waals surface area contributed by atoms with Crippen molar-refractivity contribution < 1.29 is 32.7 Å². The molecule has 44 heavy (non-hydrogen) atoms. The average molecular weight is 697 g/mol. The molecule has 0 bridgehead atoms. The summed E-state index contributed by atoms with van der Waals surface area (Å²) in [6, 6.07) is 5.60. The highest BCUT2D eigenvalue weighted by atomic mass is 79.9. The minimum absolute atomic E-state index is 0.0144. The largest absolute Gasteiger partial charge is 0.505 e. The first-order valence-electron chi connectivity index (χ1n) is 13.7. The fourth-order valence-corrected chi connectivity index (χ4v) is 7.15. The number of rotatable bonds is 4. The third-order valence-corrected chi connectivity index (χ3v) is 9.15. The van der Waals surface area contributed by atoms with Gasteiger partial charge in [-0.15, -0.1) is 0 Å². The van der Waals surface area contributed by atoms with Gasteiger partial charge in [0.15, 0.2) is 10.8 Å². The number of carbonyl (C=O) groups is 3. The highest BCUT2D eigenvalue weighted by Crippen LogP contribution is 2.55. The Bertz CT molecular complexity index is 1630. The average Bonchev–Trinajstić information content (AvgIpc) is 3.49. The van der Waals surface area contributed by atoms with Crippen LogP contribution in [0.1, 0.15) is 42.2 Å². The van der Waals surface area contributed by atoms with Gasteiger partial charge in [-0.1, -0.05) is 18.5 Å². The van der Waals surface area contributed by atoms with E-state index in [0.29, 0.717) is 43.6 Å². The van der Waals surface area contributed by atoms with E-state index in [-0.39, 0.29) is 46.5 Å². The Kier molecular flexibility index (Phi) is 7.61. The van der Waals surface area contributed by atoms with Gasteiger partial charge in [-0.05, 0) is 71.4 Å². The van der Waals surface area contributed by atoms with Crippen LogP contribution in [-0.2, 0) is 15.8 Å². The second kappa shape index (κ2) is 11.0. The molecule has 3 aliphatic heterocycles. The van der Waals surface area contributed by atoms with Crippen molar-refractivity contribution in [3.8, 4) is 5.75 Å². The molecule has 1 aromatic carbocycles. The number of likely N-dealkylation sites (tertiary alicyclic amines) is 1. The number of guanidine groups is 1. The number of alkyl halides is 4. The summed E-state index contributed by atoms with van der Waals surface area (Å²) in [6.45, 7) is 2.33. The number of benzene rings is 1. The van der Waals surface area contributed by atoms with E-state index in [0.717, 1.165) is 18.2 Å². The van der Waals surface area contributed by atoms with Gasteiger partial charge in [0.1, 0.15) is 12.3 Å². The van der Waals surface area contributed by atoms with Gasteiger partial charge in [0.2, 0.25) is 11.9 Å². The van der Waals surface area contributed by atoms with E-state index >= 15 is 0 Å². The van der Waals surface area contributed by atoms with Crippen LogP contribution in [0.15, 0.2) is 52.8 Å². The maximum atomic E-state index is 14.0. The van der Waals surface area contributed by atoms with E-state index < -0.39 is 34.0 Å². The zero-order valence-corrected chi connectivity index (χ0v) is 25.5. The van der Waals surface area contributed by atoms with Crippen LogP contribution < -0.4 is 10.7 Å². The summed E-state index contributed by atoms with van der Waals surface area (Å²) < 4.78 is 39.2. The molecule has 6 rings (SSSR count). The number of aromatic nitrogens is 1. The fourth-order valence-electron chi connectivity index (χ4n) is 6.54. The van der Waals surface area contributed by atoms with Gasteiger partial charge < -0.3 is 20.2 Å². The number of hydrazine groups is 1. The summed E-state index contributed by atoms with van der Waals surface area (Å²) in [4.78, 5) is 52.1. The van der Waals surface area contributed by atoms with Crippen LogP contribution in [0.3, 0.4) is 0 Å². The van der Waals surface area contributed by atoms with Gasteiger partial charge in [0.25, 0.3) is 11.8 Å². The predicted molar refractivity (Wildman–Crippen MR) is 156 cm³/mol. The van der Waals surface area contributed by atoms with Gasteiger partial charge in [-0.2, -0.15) is 18.6 Å². The van der Waals surface area contributed by atoms with Crippen LogP contribution in [0.5, 0.6) is 5.75 Å². The molecule has 3 amide bonds. The minimum atomic E-state index is -4.59. The standard InChI is InChI=1S/C28H26BrClF3N7O4/c1-14-12-27(6-9-38(10-7-27)24(44)21-18(41)3-2-8-34-21)20-22(14)39(26-36-25(29)37-40(26)23(20)43)13-19(42)35-17-5-4-15(11-16(17)30)28(31,32)33/h2-5,8,11,14,25,37,41H,6-7,9-10,12-13H2,1H3,(H,35,42). The lowest BCUT2D eigenvalue weighted by Gasteiger charge is -2.43. The Balaban J connectivity index is 1.27.